The topological polar surface area (TPSA) is 66.8 Å². The van der Waals surface area contributed by atoms with Gasteiger partial charge in [0.25, 0.3) is 0 Å². The van der Waals surface area contributed by atoms with Gasteiger partial charge in [-0.15, -0.1) is 0 Å². The molecule has 1 saturated heterocycles. The molecular formula is C12H14ClF2NO4S. The number of hydrogen-bond acceptors (Lipinski definition) is 4. The summed E-state index contributed by atoms with van der Waals surface area (Å²) in [6.07, 6.45) is 0.445. The summed E-state index contributed by atoms with van der Waals surface area (Å²) in [6.45, 7) is -1.28. The molecule has 5 nitrogen and oxygen atoms in total. The number of alkyl halides is 2. The Morgan fingerprint density at radius 1 is 1.48 bits per heavy atom. The number of rotatable bonds is 5. The number of β-amino-alcohol motifs (C(OH)–C–C–N with tert-alkyl or cyclic N) is 1. The van der Waals surface area contributed by atoms with E-state index in [9.17, 15) is 22.3 Å². The van der Waals surface area contributed by atoms with Crippen LogP contribution in [0.2, 0.25) is 5.02 Å². The zero-order chi connectivity index (χ0) is 15.8. The Kier molecular flexibility index (Phi) is 4.44. The molecule has 1 fully saturated rings. The number of ether oxygens (including phenoxy) is 1. The quantitative estimate of drug-likeness (QED) is 0.890. The summed E-state index contributed by atoms with van der Waals surface area (Å²) < 4.78 is 54.0. The molecule has 1 N–H and O–H groups in total. The molecule has 1 aromatic carbocycles. The van der Waals surface area contributed by atoms with E-state index in [1.807, 2.05) is 0 Å². The fourth-order valence-electron chi connectivity index (χ4n) is 1.99. The molecule has 1 aromatic rings. The van der Waals surface area contributed by atoms with E-state index in [0.29, 0.717) is 6.42 Å². The lowest BCUT2D eigenvalue weighted by molar-refractivity contribution is -0.0613. The van der Waals surface area contributed by atoms with Crippen LogP contribution in [0.4, 0.5) is 8.78 Å². The van der Waals surface area contributed by atoms with E-state index < -0.39 is 22.2 Å². The average molecular weight is 342 g/mol. The Morgan fingerprint density at radius 3 is 2.57 bits per heavy atom. The molecule has 21 heavy (non-hydrogen) atoms. The molecule has 1 aliphatic heterocycles. The summed E-state index contributed by atoms with van der Waals surface area (Å²) >= 11 is 5.74. The lowest BCUT2D eigenvalue weighted by atomic mass is 9.94. The van der Waals surface area contributed by atoms with E-state index in [2.05, 4.69) is 4.74 Å². The maximum Gasteiger partial charge on any atom is 0.387 e. The third-order valence-electron chi connectivity index (χ3n) is 3.36. The summed E-state index contributed by atoms with van der Waals surface area (Å²) in [7, 11) is -3.81. The molecule has 0 spiro atoms. The highest BCUT2D eigenvalue weighted by atomic mass is 35.5. The van der Waals surface area contributed by atoms with Gasteiger partial charge in [-0.3, -0.25) is 0 Å². The second kappa shape index (κ2) is 5.68. The number of aliphatic hydroxyl groups is 1. The molecule has 0 radical (unpaired) electrons. The van der Waals surface area contributed by atoms with Crippen LogP contribution < -0.4 is 4.74 Å². The number of nitrogens with zero attached hydrogens (tertiary/aromatic N) is 1. The van der Waals surface area contributed by atoms with Crippen LogP contribution in [-0.2, 0) is 10.0 Å². The van der Waals surface area contributed by atoms with Gasteiger partial charge in [0.15, 0.2) is 0 Å². The van der Waals surface area contributed by atoms with Crippen molar-refractivity contribution in [3.05, 3.63) is 23.2 Å². The Morgan fingerprint density at radius 2 is 2.10 bits per heavy atom. The monoisotopic (exact) mass is 341 g/mol. The Hall–Kier alpha value is -0.960. The largest absolute Gasteiger partial charge is 0.433 e. The summed E-state index contributed by atoms with van der Waals surface area (Å²) in [4.78, 5) is -0.132. The summed E-state index contributed by atoms with van der Waals surface area (Å²) in [5.41, 5.74) is -1.00. The van der Waals surface area contributed by atoms with Gasteiger partial charge in [0.1, 0.15) is 5.75 Å². The minimum atomic E-state index is -3.81. The number of sulfonamides is 1. The van der Waals surface area contributed by atoms with Gasteiger partial charge in [-0.25, -0.2) is 8.42 Å². The van der Waals surface area contributed by atoms with Crippen LogP contribution in [0.25, 0.3) is 0 Å². The molecule has 0 saturated carbocycles. The molecule has 2 rings (SSSR count). The van der Waals surface area contributed by atoms with Crippen molar-refractivity contribution >= 4 is 21.6 Å². The first-order valence-electron chi connectivity index (χ1n) is 6.15. The van der Waals surface area contributed by atoms with Crippen molar-refractivity contribution in [1.82, 2.24) is 4.31 Å². The predicted molar refractivity (Wildman–Crippen MR) is 72.1 cm³/mol. The molecule has 0 aliphatic carbocycles. The first-order valence-corrected chi connectivity index (χ1v) is 7.97. The summed E-state index contributed by atoms with van der Waals surface area (Å²) in [5.74, 6) is -0.292. The van der Waals surface area contributed by atoms with Gasteiger partial charge in [-0.05, 0) is 24.6 Å². The number of hydrogen-bond donors (Lipinski definition) is 1. The standard InChI is InChI=1S/C12H14ClF2NO4S/c1-2-12(17)6-16(7-12)21(18,19)8-3-4-10(9(13)5-8)20-11(14)15/h3-5,11,17H,2,6-7H2,1H3. The molecule has 1 heterocycles. The van der Waals surface area contributed by atoms with Crippen molar-refractivity contribution in [2.75, 3.05) is 13.1 Å². The minimum absolute atomic E-state index is 0.00125. The maximum absolute atomic E-state index is 12.3. The highest BCUT2D eigenvalue weighted by Crippen LogP contribution is 2.33. The second-order valence-corrected chi connectivity index (χ2v) is 7.17. The minimum Gasteiger partial charge on any atom is -0.433 e. The van der Waals surface area contributed by atoms with Gasteiger partial charge in [-0.2, -0.15) is 13.1 Å². The highest BCUT2D eigenvalue weighted by Gasteiger charge is 2.46. The third kappa shape index (κ3) is 3.28. The summed E-state index contributed by atoms with van der Waals surface area (Å²) in [5, 5.41) is 9.64. The molecule has 0 aromatic heterocycles. The smallest absolute Gasteiger partial charge is 0.387 e. The fourth-order valence-corrected chi connectivity index (χ4v) is 3.90. The molecule has 0 bridgehead atoms. The zero-order valence-electron chi connectivity index (χ0n) is 11.1. The van der Waals surface area contributed by atoms with Gasteiger partial charge in [0, 0.05) is 13.1 Å². The SMILES string of the molecule is CCC1(O)CN(S(=O)(=O)c2ccc(OC(F)F)c(Cl)c2)C1. The van der Waals surface area contributed by atoms with E-state index in [1.165, 1.54) is 0 Å². The Labute approximate surface area is 126 Å². The Bertz CT molecular complexity index is 632. The van der Waals surface area contributed by atoms with Gasteiger partial charge in [-0.1, -0.05) is 18.5 Å². The van der Waals surface area contributed by atoms with Crippen molar-refractivity contribution in [1.29, 1.82) is 0 Å². The van der Waals surface area contributed by atoms with Gasteiger partial charge < -0.3 is 9.84 Å². The lowest BCUT2D eigenvalue weighted by Crippen LogP contribution is -2.62. The van der Waals surface area contributed by atoms with Crippen LogP contribution in [-0.4, -0.2) is 43.1 Å². The number of halogens is 3. The zero-order valence-corrected chi connectivity index (χ0v) is 12.7. The third-order valence-corrected chi connectivity index (χ3v) is 5.44. The van der Waals surface area contributed by atoms with Crippen molar-refractivity contribution < 1.29 is 27.0 Å². The predicted octanol–water partition coefficient (Wildman–Crippen LogP) is 2.09. The fraction of sp³-hybridized carbons (Fsp3) is 0.500. The van der Waals surface area contributed by atoms with Crippen LogP contribution in [0.5, 0.6) is 5.75 Å². The number of benzene rings is 1. The van der Waals surface area contributed by atoms with Gasteiger partial charge >= 0.3 is 6.61 Å². The molecule has 0 amide bonds. The van der Waals surface area contributed by atoms with Crippen LogP contribution in [0.1, 0.15) is 13.3 Å². The highest BCUT2D eigenvalue weighted by molar-refractivity contribution is 7.89. The van der Waals surface area contributed by atoms with Crippen LogP contribution in [0.15, 0.2) is 23.1 Å². The first-order chi connectivity index (χ1) is 9.68. The van der Waals surface area contributed by atoms with Crippen molar-refractivity contribution in [2.24, 2.45) is 0 Å². The van der Waals surface area contributed by atoms with E-state index in [4.69, 9.17) is 11.6 Å². The average Bonchev–Trinajstić information content (AvgIpc) is 2.36. The Balaban J connectivity index is 2.20. The first kappa shape index (κ1) is 16.4. The summed E-state index contributed by atoms with van der Waals surface area (Å²) in [6, 6.07) is 3.27. The van der Waals surface area contributed by atoms with E-state index >= 15 is 0 Å². The van der Waals surface area contributed by atoms with E-state index in [-0.39, 0.29) is 28.8 Å². The second-order valence-electron chi connectivity index (χ2n) is 4.82. The van der Waals surface area contributed by atoms with Crippen molar-refractivity contribution in [3.8, 4) is 5.75 Å². The lowest BCUT2D eigenvalue weighted by Gasteiger charge is -2.44. The van der Waals surface area contributed by atoms with E-state index in [0.717, 1.165) is 22.5 Å². The van der Waals surface area contributed by atoms with E-state index in [1.54, 1.807) is 6.92 Å². The molecule has 1 aliphatic rings. The molecule has 0 atom stereocenters. The molecule has 9 heteroatoms. The molecule has 118 valence electrons. The van der Waals surface area contributed by atoms with Gasteiger partial charge in [0.05, 0.1) is 15.5 Å². The van der Waals surface area contributed by atoms with Crippen molar-refractivity contribution in [3.63, 3.8) is 0 Å². The molecule has 0 unspecified atom stereocenters. The van der Waals surface area contributed by atoms with Crippen molar-refractivity contribution in [2.45, 2.75) is 30.5 Å². The maximum atomic E-state index is 12.3. The van der Waals surface area contributed by atoms with Crippen LogP contribution in [0.3, 0.4) is 0 Å². The molecular weight excluding hydrogens is 328 g/mol. The van der Waals surface area contributed by atoms with Crippen LogP contribution >= 0.6 is 11.6 Å². The van der Waals surface area contributed by atoms with Crippen LogP contribution in [0, 0.1) is 0 Å². The normalized spacial score (nSPS) is 18.6. The van der Waals surface area contributed by atoms with Gasteiger partial charge in [0.2, 0.25) is 10.0 Å².